The van der Waals surface area contributed by atoms with E-state index in [-0.39, 0.29) is 23.2 Å². The molecule has 0 aliphatic heterocycles. The van der Waals surface area contributed by atoms with E-state index >= 15 is 0 Å². The minimum atomic E-state index is -3.87. The molecule has 2 aromatic rings. The standard InChI is InChI=1S/C24H31Cl2N3O4S/c1-5-12-27-24(31)21(6-2)28(15-18-9-7-8-17(3)13-18)23(30)16-29(34(4,32)33)22-11-10-19(25)14-20(22)26/h7-11,13-14,21H,5-6,12,15-16H2,1-4H3,(H,27,31). The number of carbonyl (C=O) groups is 2. The highest BCUT2D eigenvalue weighted by molar-refractivity contribution is 7.92. The van der Waals surface area contributed by atoms with Gasteiger partial charge in [0.15, 0.2) is 0 Å². The topological polar surface area (TPSA) is 86.8 Å². The summed E-state index contributed by atoms with van der Waals surface area (Å²) in [4.78, 5) is 27.9. The molecule has 0 aliphatic rings. The maximum absolute atomic E-state index is 13.6. The lowest BCUT2D eigenvalue weighted by Gasteiger charge is -2.33. The molecule has 0 heterocycles. The highest BCUT2D eigenvalue weighted by Crippen LogP contribution is 2.30. The van der Waals surface area contributed by atoms with Crippen molar-refractivity contribution in [3.63, 3.8) is 0 Å². The zero-order chi connectivity index (χ0) is 25.5. The molecule has 2 amide bonds. The number of nitrogens with one attached hydrogen (secondary N) is 1. The van der Waals surface area contributed by atoms with Gasteiger partial charge in [-0.25, -0.2) is 8.42 Å². The number of hydrogen-bond acceptors (Lipinski definition) is 4. The Kier molecular flexibility index (Phi) is 10.2. The van der Waals surface area contributed by atoms with Crippen LogP contribution in [0, 0.1) is 6.92 Å². The highest BCUT2D eigenvalue weighted by atomic mass is 35.5. The highest BCUT2D eigenvalue weighted by Gasteiger charge is 2.32. The lowest BCUT2D eigenvalue weighted by molar-refractivity contribution is -0.140. The van der Waals surface area contributed by atoms with Crippen molar-refractivity contribution >= 4 is 50.7 Å². The van der Waals surface area contributed by atoms with Crippen molar-refractivity contribution in [2.75, 3.05) is 23.7 Å². The Bertz CT molecular complexity index is 1120. The van der Waals surface area contributed by atoms with E-state index in [1.54, 1.807) is 0 Å². The summed E-state index contributed by atoms with van der Waals surface area (Å²) in [6.07, 6.45) is 2.12. The van der Waals surface area contributed by atoms with E-state index in [2.05, 4.69) is 5.32 Å². The average Bonchev–Trinajstić information content (AvgIpc) is 2.75. The minimum Gasteiger partial charge on any atom is -0.354 e. The number of anilines is 1. The summed E-state index contributed by atoms with van der Waals surface area (Å²) in [5, 5.41) is 3.29. The van der Waals surface area contributed by atoms with Crippen LogP contribution in [0.15, 0.2) is 42.5 Å². The quantitative estimate of drug-likeness (QED) is 0.469. The van der Waals surface area contributed by atoms with Crippen molar-refractivity contribution in [1.82, 2.24) is 10.2 Å². The second kappa shape index (κ2) is 12.4. The molecule has 1 unspecified atom stereocenters. The SMILES string of the molecule is CCCNC(=O)C(CC)N(Cc1cccc(C)c1)C(=O)CN(c1ccc(Cl)cc1Cl)S(C)(=O)=O. The minimum absolute atomic E-state index is 0.101. The van der Waals surface area contributed by atoms with Crippen LogP contribution in [0.2, 0.25) is 10.0 Å². The van der Waals surface area contributed by atoms with E-state index in [1.807, 2.05) is 45.0 Å². The Morgan fingerprint density at radius 3 is 2.35 bits per heavy atom. The number of halogens is 2. The van der Waals surface area contributed by atoms with Gasteiger partial charge in [0.05, 0.1) is 17.0 Å². The number of benzene rings is 2. The molecule has 0 radical (unpaired) electrons. The molecule has 186 valence electrons. The first-order valence-electron chi connectivity index (χ1n) is 11.0. The first-order valence-corrected chi connectivity index (χ1v) is 13.6. The third-order valence-corrected chi connectivity index (χ3v) is 6.89. The molecule has 0 fully saturated rings. The van der Waals surface area contributed by atoms with Crippen LogP contribution in [0.4, 0.5) is 5.69 Å². The first kappa shape index (κ1) is 28.0. The molecule has 7 nitrogen and oxygen atoms in total. The molecule has 0 aromatic heterocycles. The summed E-state index contributed by atoms with van der Waals surface area (Å²) >= 11 is 12.2. The number of aryl methyl sites for hydroxylation is 1. The van der Waals surface area contributed by atoms with Gasteiger partial charge >= 0.3 is 0 Å². The fraction of sp³-hybridized carbons (Fsp3) is 0.417. The molecule has 0 bridgehead atoms. The lowest BCUT2D eigenvalue weighted by Crippen LogP contribution is -2.52. The van der Waals surface area contributed by atoms with Crippen LogP contribution in [0.1, 0.15) is 37.8 Å². The second-order valence-corrected chi connectivity index (χ2v) is 10.8. The molecule has 2 aromatic carbocycles. The van der Waals surface area contributed by atoms with Gasteiger partial charge < -0.3 is 10.2 Å². The number of nitrogens with zero attached hydrogens (tertiary/aromatic N) is 2. The van der Waals surface area contributed by atoms with E-state index in [0.29, 0.717) is 18.0 Å². The molecule has 0 saturated heterocycles. The van der Waals surface area contributed by atoms with E-state index in [4.69, 9.17) is 23.2 Å². The van der Waals surface area contributed by atoms with Crippen molar-refractivity contribution in [3.05, 3.63) is 63.6 Å². The van der Waals surface area contributed by atoms with Crippen LogP contribution in [-0.4, -0.2) is 50.5 Å². The van der Waals surface area contributed by atoms with E-state index in [9.17, 15) is 18.0 Å². The van der Waals surface area contributed by atoms with Gasteiger partial charge in [0, 0.05) is 18.1 Å². The predicted molar refractivity (Wildman–Crippen MR) is 138 cm³/mol. The monoisotopic (exact) mass is 527 g/mol. The van der Waals surface area contributed by atoms with Crippen molar-refractivity contribution in [1.29, 1.82) is 0 Å². The molecule has 0 aliphatic carbocycles. The molecule has 1 atom stereocenters. The zero-order valence-electron chi connectivity index (χ0n) is 19.8. The maximum atomic E-state index is 13.6. The van der Waals surface area contributed by atoms with Gasteiger partial charge in [0.2, 0.25) is 21.8 Å². The first-order chi connectivity index (χ1) is 16.0. The summed E-state index contributed by atoms with van der Waals surface area (Å²) in [7, 11) is -3.87. The molecule has 34 heavy (non-hydrogen) atoms. The van der Waals surface area contributed by atoms with Gasteiger partial charge in [-0.15, -0.1) is 0 Å². The third kappa shape index (κ3) is 7.61. The molecule has 0 spiro atoms. The molecular formula is C24H31Cl2N3O4S. The Balaban J connectivity index is 2.45. The van der Waals surface area contributed by atoms with Gasteiger partial charge in [0.25, 0.3) is 0 Å². The fourth-order valence-electron chi connectivity index (χ4n) is 3.57. The number of amides is 2. The Morgan fingerprint density at radius 2 is 1.79 bits per heavy atom. The molecule has 10 heteroatoms. The fourth-order valence-corrected chi connectivity index (χ4v) is 4.99. The summed E-state index contributed by atoms with van der Waals surface area (Å²) in [5.74, 6) is -0.794. The van der Waals surface area contributed by atoms with Crippen molar-refractivity contribution in [3.8, 4) is 0 Å². The van der Waals surface area contributed by atoms with Crippen LogP contribution >= 0.6 is 23.2 Å². The number of rotatable bonds is 11. The van der Waals surface area contributed by atoms with Crippen LogP contribution in [0.25, 0.3) is 0 Å². The Hall–Kier alpha value is -2.29. The zero-order valence-corrected chi connectivity index (χ0v) is 22.2. The smallest absolute Gasteiger partial charge is 0.244 e. The van der Waals surface area contributed by atoms with Crippen LogP contribution < -0.4 is 9.62 Å². The normalized spacial score (nSPS) is 12.2. The van der Waals surface area contributed by atoms with Crippen molar-refractivity contribution in [2.24, 2.45) is 0 Å². The summed E-state index contributed by atoms with van der Waals surface area (Å²) in [5.41, 5.74) is 1.99. The number of sulfonamides is 1. The van der Waals surface area contributed by atoms with Crippen LogP contribution in [-0.2, 0) is 26.2 Å². The summed E-state index contributed by atoms with van der Waals surface area (Å²) in [6.45, 7) is 5.83. The van der Waals surface area contributed by atoms with Gasteiger partial charge in [0.1, 0.15) is 12.6 Å². The molecular weight excluding hydrogens is 497 g/mol. The Labute approximate surface area is 212 Å². The predicted octanol–water partition coefficient (Wildman–Crippen LogP) is 4.40. The molecule has 1 N–H and O–H groups in total. The third-order valence-electron chi connectivity index (χ3n) is 5.23. The van der Waals surface area contributed by atoms with Gasteiger partial charge in [-0.3, -0.25) is 13.9 Å². The number of carbonyl (C=O) groups excluding carboxylic acids is 2. The second-order valence-electron chi connectivity index (χ2n) is 8.09. The maximum Gasteiger partial charge on any atom is 0.244 e. The van der Waals surface area contributed by atoms with Gasteiger partial charge in [-0.1, -0.05) is 66.9 Å². The van der Waals surface area contributed by atoms with E-state index in [1.165, 1.54) is 23.1 Å². The molecule has 0 saturated carbocycles. The average molecular weight is 529 g/mol. The van der Waals surface area contributed by atoms with Gasteiger partial charge in [-0.05, 0) is 43.5 Å². The van der Waals surface area contributed by atoms with Gasteiger partial charge in [-0.2, -0.15) is 0 Å². The largest absolute Gasteiger partial charge is 0.354 e. The molecule has 2 rings (SSSR count). The summed E-state index contributed by atoms with van der Waals surface area (Å²) < 4.78 is 26.2. The van der Waals surface area contributed by atoms with Crippen molar-refractivity contribution in [2.45, 2.75) is 46.2 Å². The van der Waals surface area contributed by atoms with E-state index in [0.717, 1.165) is 28.1 Å². The number of hydrogen-bond donors (Lipinski definition) is 1. The van der Waals surface area contributed by atoms with Crippen LogP contribution in [0.5, 0.6) is 0 Å². The Morgan fingerprint density at radius 1 is 1.09 bits per heavy atom. The summed E-state index contributed by atoms with van der Waals surface area (Å²) in [6, 6.07) is 11.2. The van der Waals surface area contributed by atoms with Crippen LogP contribution in [0.3, 0.4) is 0 Å². The van der Waals surface area contributed by atoms with Crippen molar-refractivity contribution < 1.29 is 18.0 Å². The van der Waals surface area contributed by atoms with E-state index < -0.39 is 28.5 Å². The lowest BCUT2D eigenvalue weighted by atomic mass is 10.1.